The fourth-order valence-corrected chi connectivity index (χ4v) is 1.55. The summed E-state index contributed by atoms with van der Waals surface area (Å²) in [7, 11) is 0. The zero-order valence-electron chi connectivity index (χ0n) is 7.70. The molecule has 1 heterocycles. The van der Waals surface area contributed by atoms with Gasteiger partial charge in [-0.05, 0) is 24.3 Å². The molecule has 0 atom stereocenters. The lowest BCUT2D eigenvalue weighted by Crippen LogP contribution is -1.94. The van der Waals surface area contributed by atoms with Crippen LogP contribution in [-0.4, -0.2) is 4.57 Å². The summed E-state index contributed by atoms with van der Waals surface area (Å²) in [6.07, 6.45) is 7.82. The van der Waals surface area contributed by atoms with Crippen LogP contribution in [0.2, 0.25) is 0 Å². The van der Waals surface area contributed by atoms with E-state index in [4.69, 9.17) is 6.42 Å². The summed E-state index contributed by atoms with van der Waals surface area (Å²) in [6.45, 7) is 0.783. The average molecular weight is 187 g/mol. The van der Waals surface area contributed by atoms with Gasteiger partial charge in [-0.2, -0.15) is 0 Å². The van der Waals surface area contributed by atoms with Gasteiger partial charge in [0.05, 0.1) is 0 Å². The van der Waals surface area contributed by atoms with Gasteiger partial charge in [-0.15, -0.1) is 12.3 Å². The van der Waals surface area contributed by atoms with E-state index in [0.29, 0.717) is 6.42 Å². The third-order valence-electron chi connectivity index (χ3n) is 2.23. The van der Waals surface area contributed by atoms with Crippen molar-refractivity contribution in [3.8, 4) is 12.3 Å². The van der Waals surface area contributed by atoms with Crippen LogP contribution in [0.15, 0.2) is 30.5 Å². The molecule has 1 aromatic heterocycles. The van der Waals surface area contributed by atoms with Gasteiger partial charge in [0.2, 0.25) is 0 Å². The van der Waals surface area contributed by atoms with Crippen LogP contribution in [-0.2, 0) is 6.54 Å². The molecule has 0 saturated carbocycles. The fraction of sp³-hybridized carbons (Fsp3) is 0.167. The summed E-state index contributed by atoms with van der Waals surface area (Å²) in [6, 6.07) is 6.67. The monoisotopic (exact) mass is 187 g/mol. The van der Waals surface area contributed by atoms with E-state index in [0.717, 1.165) is 17.4 Å². The Morgan fingerprint density at radius 1 is 1.36 bits per heavy atom. The molecular formula is C12H10FN. The van der Waals surface area contributed by atoms with E-state index in [9.17, 15) is 4.39 Å². The van der Waals surface area contributed by atoms with Crippen LogP contribution in [0.25, 0.3) is 10.9 Å². The van der Waals surface area contributed by atoms with Gasteiger partial charge >= 0.3 is 0 Å². The van der Waals surface area contributed by atoms with Crippen LogP contribution in [0.1, 0.15) is 6.42 Å². The van der Waals surface area contributed by atoms with Crippen molar-refractivity contribution >= 4 is 10.9 Å². The second kappa shape index (κ2) is 3.55. The molecule has 0 N–H and O–H groups in total. The first-order chi connectivity index (χ1) is 6.81. The number of terminal acetylenes is 1. The van der Waals surface area contributed by atoms with E-state index in [2.05, 4.69) is 5.92 Å². The van der Waals surface area contributed by atoms with E-state index >= 15 is 0 Å². The molecule has 0 unspecified atom stereocenters. The maximum atomic E-state index is 12.9. The zero-order valence-corrected chi connectivity index (χ0v) is 7.70. The Morgan fingerprint density at radius 2 is 2.21 bits per heavy atom. The van der Waals surface area contributed by atoms with Crippen LogP contribution in [0.5, 0.6) is 0 Å². The number of rotatable bonds is 2. The molecule has 2 heteroatoms. The molecular weight excluding hydrogens is 177 g/mol. The Hall–Kier alpha value is -1.75. The van der Waals surface area contributed by atoms with E-state index < -0.39 is 0 Å². The number of hydrogen-bond donors (Lipinski definition) is 0. The molecule has 0 aliphatic carbocycles. The highest BCUT2D eigenvalue weighted by atomic mass is 19.1. The quantitative estimate of drug-likeness (QED) is 0.637. The molecule has 1 aromatic carbocycles. The third kappa shape index (κ3) is 1.49. The highest BCUT2D eigenvalue weighted by molar-refractivity contribution is 5.80. The Kier molecular flexibility index (Phi) is 2.24. The van der Waals surface area contributed by atoms with Gasteiger partial charge in [0.1, 0.15) is 5.82 Å². The molecule has 2 aromatic rings. The smallest absolute Gasteiger partial charge is 0.123 e. The molecule has 0 radical (unpaired) electrons. The maximum Gasteiger partial charge on any atom is 0.123 e. The van der Waals surface area contributed by atoms with Crippen LogP contribution < -0.4 is 0 Å². The summed E-state index contributed by atoms with van der Waals surface area (Å²) in [5.74, 6) is 2.39. The third-order valence-corrected chi connectivity index (χ3v) is 2.23. The lowest BCUT2D eigenvalue weighted by Gasteiger charge is -2.01. The summed E-state index contributed by atoms with van der Waals surface area (Å²) in [5, 5.41) is 0.919. The molecule has 0 spiro atoms. The normalized spacial score (nSPS) is 10.3. The number of nitrogens with zero attached hydrogens (tertiary/aromatic N) is 1. The lowest BCUT2D eigenvalue weighted by atomic mass is 10.2. The van der Waals surface area contributed by atoms with Crippen LogP contribution in [0.3, 0.4) is 0 Å². The van der Waals surface area contributed by atoms with Crippen molar-refractivity contribution in [3.05, 3.63) is 36.3 Å². The summed E-state index contributed by atoms with van der Waals surface area (Å²) in [4.78, 5) is 0. The van der Waals surface area contributed by atoms with Crippen molar-refractivity contribution in [3.63, 3.8) is 0 Å². The van der Waals surface area contributed by atoms with Gasteiger partial charge in [0.25, 0.3) is 0 Å². The highest BCUT2D eigenvalue weighted by Gasteiger charge is 2.00. The van der Waals surface area contributed by atoms with E-state index in [1.807, 2.05) is 16.8 Å². The SMILES string of the molecule is C#CCCn1ccc2cc(F)ccc21. The molecule has 0 fully saturated rings. The number of fused-ring (bicyclic) bond motifs is 1. The summed E-state index contributed by atoms with van der Waals surface area (Å²) >= 11 is 0. The van der Waals surface area contributed by atoms with Crippen molar-refractivity contribution in [2.45, 2.75) is 13.0 Å². The summed E-state index contributed by atoms with van der Waals surface area (Å²) < 4.78 is 14.9. The van der Waals surface area contributed by atoms with E-state index in [1.54, 1.807) is 6.07 Å². The number of halogens is 1. The molecule has 0 aliphatic rings. The number of hydrogen-bond acceptors (Lipinski definition) is 0. The first-order valence-corrected chi connectivity index (χ1v) is 4.49. The van der Waals surface area contributed by atoms with Gasteiger partial charge in [-0.1, -0.05) is 0 Å². The minimum absolute atomic E-state index is 0.202. The van der Waals surface area contributed by atoms with Crippen molar-refractivity contribution in [1.29, 1.82) is 0 Å². The van der Waals surface area contributed by atoms with Crippen molar-refractivity contribution in [1.82, 2.24) is 4.57 Å². The Balaban J connectivity index is 2.43. The Morgan fingerprint density at radius 3 is 3.00 bits per heavy atom. The van der Waals surface area contributed by atoms with Gasteiger partial charge in [-0.3, -0.25) is 0 Å². The Labute approximate surface area is 82.2 Å². The first-order valence-electron chi connectivity index (χ1n) is 4.49. The topological polar surface area (TPSA) is 4.93 Å². The van der Waals surface area contributed by atoms with Crippen molar-refractivity contribution in [2.24, 2.45) is 0 Å². The largest absolute Gasteiger partial charge is 0.347 e. The van der Waals surface area contributed by atoms with Gasteiger partial charge in [0.15, 0.2) is 0 Å². The van der Waals surface area contributed by atoms with Gasteiger partial charge in [-0.25, -0.2) is 4.39 Å². The van der Waals surface area contributed by atoms with Crippen LogP contribution in [0, 0.1) is 18.2 Å². The minimum atomic E-state index is -0.202. The average Bonchev–Trinajstić information content (AvgIpc) is 2.57. The minimum Gasteiger partial charge on any atom is -0.347 e. The fourth-order valence-electron chi connectivity index (χ4n) is 1.55. The molecule has 14 heavy (non-hydrogen) atoms. The Bertz CT molecular complexity index is 490. The highest BCUT2D eigenvalue weighted by Crippen LogP contribution is 2.17. The van der Waals surface area contributed by atoms with Gasteiger partial charge in [0, 0.05) is 30.1 Å². The van der Waals surface area contributed by atoms with Crippen LogP contribution in [0.4, 0.5) is 4.39 Å². The van der Waals surface area contributed by atoms with Gasteiger partial charge < -0.3 is 4.57 Å². The standard InChI is InChI=1S/C12H10FN/c1-2-3-7-14-8-6-10-9-11(13)4-5-12(10)14/h1,4-6,8-9H,3,7H2. The van der Waals surface area contributed by atoms with Crippen molar-refractivity contribution < 1.29 is 4.39 Å². The number of aryl methyl sites for hydroxylation is 1. The predicted molar refractivity (Wildman–Crippen MR) is 55.3 cm³/mol. The first kappa shape index (κ1) is 8.83. The molecule has 2 rings (SSSR count). The molecule has 70 valence electrons. The predicted octanol–water partition coefficient (Wildman–Crippen LogP) is 2.80. The molecule has 1 nitrogen and oxygen atoms in total. The summed E-state index contributed by atoms with van der Waals surface area (Å²) in [5.41, 5.74) is 1.03. The molecule has 0 saturated heterocycles. The number of benzene rings is 1. The van der Waals surface area contributed by atoms with E-state index in [-0.39, 0.29) is 5.82 Å². The number of aromatic nitrogens is 1. The van der Waals surface area contributed by atoms with Crippen molar-refractivity contribution in [2.75, 3.05) is 0 Å². The zero-order chi connectivity index (χ0) is 9.97. The molecule has 0 aliphatic heterocycles. The molecule has 0 amide bonds. The lowest BCUT2D eigenvalue weighted by molar-refractivity contribution is 0.629. The van der Waals surface area contributed by atoms with E-state index in [1.165, 1.54) is 12.1 Å². The second-order valence-electron chi connectivity index (χ2n) is 3.17. The second-order valence-corrected chi connectivity index (χ2v) is 3.17. The van der Waals surface area contributed by atoms with Crippen LogP contribution >= 0.6 is 0 Å². The maximum absolute atomic E-state index is 12.9. The molecule has 0 bridgehead atoms.